The van der Waals surface area contributed by atoms with E-state index in [1.807, 2.05) is 71.6 Å². The standard InChI is InChI=1S/C24H19ClN2O/c1-17-21-9-5-6-10-22(21)24(19-11-13-20(25)14-12-19)26(17)15-16-27(24)23(28)18-7-3-2-4-8-18/h2-14H,1,15-16H2. The van der Waals surface area contributed by atoms with Gasteiger partial charge in [0.25, 0.3) is 5.91 Å². The average molecular weight is 387 g/mol. The van der Waals surface area contributed by atoms with Crippen molar-refractivity contribution in [1.29, 1.82) is 0 Å². The normalized spacial score (nSPS) is 20.2. The highest BCUT2D eigenvalue weighted by Crippen LogP contribution is 2.54. The van der Waals surface area contributed by atoms with Crippen LogP contribution in [0.25, 0.3) is 5.70 Å². The molecule has 2 aliphatic rings. The second-order valence-electron chi connectivity index (χ2n) is 7.15. The first-order chi connectivity index (χ1) is 13.6. The summed E-state index contributed by atoms with van der Waals surface area (Å²) in [7, 11) is 0. The van der Waals surface area contributed by atoms with Crippen LogP contribution in [0.15, 0.2) is 85.4 Å². The zero-order valence-corrected chi connectivity index (χ0v) is 16.1. The zero-order valence-electron chi connectivity index (χ0n) is 15.3. The third kappa shape index (κ3) is 2.20. The second-order valence-corrected chi connectivity index (χ2v) is 7.58. The summed E-state index contributed by atoms with van der Waals surface area (Å²) >= 11 is 6.17. The minimum absolute atomic E-state index is 0.0163. The van der Waals surface area contributed by atoms with Gasteiger partial charge in [-0.05, 0) is 24.3 Å². The Balaban J connectivity index is 1.76. The number of benzene rings is 3. The van der Waals surface area contributed by atoms with Crippen LogP contribution >= 0.6 is 11.6 Å². The highest BCUT2D eigenvalue weighted by atomic mass is 35.5. The number of carbonyl (C=O) groups is 1. The van der Waals surface area contributed by atoms with Gasteiger partial charge in [-0.1, -0.05) is 72.8 Å². The summed E-state index contributed by atoms with van der Waals surface area (Å²) in [4.78, 5) is 17.8. The van der Waals surface area contributed by atoms with Crippen LogP contribution in [0.4, 0.5) is 0 Å². The number of carbonyl (C=O) groups excluding carboxylic acids is 1. The molecule has 0 spiro atoms. The summed E-state index contributed by atoms with van der Waals surface area (Å²) in [5.74, 6) is 0.0163. The molecule has 28 heavy (non-hydrogen) atoms. The van der Waals surface area contributed by atoms with E-state index in [0.29, 0.717) is 17.1 Å². The maximum Gasteiger partial charge on any atom is 0.256 e. The van der Waals surface area contributed by atoms with Gasteiger partial charge in [0, 0.05) is 46.1 Å². The maximum atomic E-state index is 13.6. The maximum absolute atomic E-state index is 13.6. The molecule has 1 atom stereocenters. The summed E-state index contributed by atoms with van der Waals surface area (Å²) in [6.45, 7) is 5.71. The smallest absolute Gasteiger partial charge is 0.256 e. The van der Waals surface area contributed by atoms with E-state index >= 15 is 0 Å². The zero-order chi connectivity index (χ0) is 19.3. The number of halogens is 1. The van der Waals surface area contributed by atoms with Gasteiger partial charge in [-0.2, -0.15) is 0 Å². The van der Waals surface area contributed by atoms with Crippen LogP contribution in [0.2, 0.25) is 5.02 Å². The Kier molecular flexibility index (Phi) is 3.81. The van der Waals surface area contributed by atoms with Crippen LogP contribution in [0.3, 0.4) is 0 Å². The number of hydrogen-bond donors (Lipinski definition) is 0. The quantitative estimate of drug-likeness (QED) is 0.620. The van der Waals surface area contributed by atoms with E-state index in [1.54, 1.807) is 0 Å². The molecular weight excluding hydrogens is 368 g/mol. The first kappa shape index (κ1) is 17.1. The van der Waals surface area contributed by atoms with Gasteiger partial charge >= 0.3 is 0 Å². The van der Waals surface area contributed by atoms with E-state index in [4.69, 9.17) is 11.6 Å². The molecule has 3 nitrogen and oxygen atoms in total. The van der Waals surface area contributed by atoms with Gasteiger partial charge in [-0.3, -0.25) is 4.79 Å². The van der Waals surface area contributed by atoms with Crippen molar-refractivity contribution < 1.29 is 4.79 Å². The summed E-state index contributed by atoms with van der Waals surface area (Å²) in [6, 6.07) is 25.5. The molecule has 0 N–H and O–H groups in total. The van der Waals surface area contributed by atoms with E-state index in [-0.39, 0.29) is 5.91 Å². The van der Waals surface area contributed by atoms with Crippen molar-refractivity contribution >= 4 is 23.2 Å². The predicted molar refractivity (Wildman–Crippen MR) is 112 cm³/mol. The Bertz CT molecular complexity index is 1080. The molecule has 2 heterocycles. The fourth-order valence-electron chi connectivity index (χ4n) is 4.61. The molecule has 1 amide bonds. The number of rotatable bonds is 2. The minimum Gasteiger partial charge on any atom is -0.339 e. The lowest BCUT2D eigenvalue weighted by Gasteiger charge is -2.41. The molecule has 0 aliphatic carbocycles. The van der Waals surface area contributed by atoms with Crippen LogP contribution in [-0.4, -0.2) is 28.8 Å². The Hall–Kier alpha value is -3.04. The van der Waals surface area contributed by atoms with Gasteiger partial charge in [0.05, 0.1) is 0 Å². The van der Waals surface area contributed by atoms with E-state index in [2.05, 4.69) is 23.6 Å². The molecule has 2 aliphatic heterocycles. The summed E-state index contributed by atoms with van der Waals surface area (Å²) in [5, 5.41) is 0.677. The van der Waals surface area contributed by atoms with Crippen molar-refractivity contribution in [2.75, 3.05) is 13.1 Å². The highest BCUT2D eigenvalue weighted by Gasteiger charge is 2.57. The Morgan fingerprint density at radius 1 is 0.893 bits per heavy atom. The number of fused-ring (bicyclic) bond motifs is 3. The third-order valence-corrected chi connectivity index (χ3v) is 6.03. The molecule has 1 saturated heterocycles. The van der Waals surface area contributed by atoms with E-state index < -0.39 is 5.66 Å². The molecule has 0 radical (unpaired) electrons. The second kappa shape index (κ2) is 6.25. The monoisotopic (exact) mass is 386 g/mol. The van der Waals surface area contributed by atoms with Gasteiger partial charge in [-0.25, -0.2) is 0 Å². The van der Waals surface area contributed by atoms with Crippen LogP contribution in [0.1, 0.15) is 27.0 Å². The number of nitrogens with zero attached hydrogens (tertiary/aromatic N) is 2. The van der Waals surface area contributed by atoms with Gasteiger partial charge in [0.15, 0.2) is 5.66 Å². The van der Waals surface area contributed by atoms with Crippen molar-refractivity contribution in [3.8, 4) is 0 Å². The third-order valence-electron chi connectivity index (χ3n) is 5.78. The predicted octanol–water partition coefficient (Wildman–Crippen LogP) is 4.98. The molecule has 0 saturated carbocycles. The fourth-order valence-corrected chi connectivity index (χ4v) is 4.74. The molecule has 1 unspecified atom stereocenters. The fraction of sp³-hybridized carbons (Fsp3) is 0.125. The Morgan fingerprint density at radius 2 is 1.57 bits per heavy atom. The first-order valence-corrected chi connectivity index (χ1v) is 9.71. The summed E-state index contributed by atoms with van der Waals surface area (Å²) in [5.41, 5.74) is 4.13. The summed E-state index contributed by atoms with van der Waals surface area (Å²) in [6.07, 6.45) is 0. The molecule has 3 aromatic rings. The molecular formula is C24H19ClN2O. The van der Waals surface area contributed by atoms with Crippen molar-refractivity contribution in [3.63, 3.8) is 0 Å². The molecule has 5 rings (SSSR count). The van der Waals surface area contributed by atoms with Crippen LogP contribution < -0.4 is 0 Å². The van der Waals surface area contributed by atoms with Crippen molar-refractivity contribution in [2.24, 2.45) is 0 Å². The minimum atomic E-state index is -0.703. The number of amides is 1. The lowest BCUT2D eigenvalue weighted by molar-refractivity contribution is 0.0519. The van der Waals surface area contributed by atoms with Crippen molar-refractivity contribution in [3.05, 3.63) is 113 Å². The van der Waals surface area contributed by atoms with Crippen molar-refractivity contribution in [1.82, 2.24) is 9.80 Å². The largest absolute Gasteiger partial charge is 0.339 e. The lowest BCUT2D eigenvalue weighted by Crippen LogP contribution is -2.50. The topological polar surface area (TPSA) is 23.6 Å². The van der Waals surface area contributed by atoms with E-state index in [1.165, 1.54) is 0 Å². The molecule has 0 bridgehead atoms. The van der Waals surface area contributed by atoms with Crippen molar-refractivity contribution in [2.45, 2.75) is 5.66 Å². The molecule has 0 aromatic heterocycles. The SMILES string of the molecule is C=C1c2ccccc2C2(c3ccc(Cl)cc3)N1CCN2C(=O)c1ccccc1. The molecule has 4 heteroatoms. The van der Waals surface area contributed by atoms with E-state index in [9.17, 15) is 4.79 Å². The van der Waals surface area contributed by atoms with Crippen LogP contribution in [0, 0.1) is 0 Å². The van der Waals surface area contributed by atoms with Gasteiger partial charge in [0.2, 0.25) is 0 Å². The van der Waals surface area contributed by atoms with Gasteiger partial charge in [0.1, 0.15) is 0 Å². The molecule has 1 fully saturated rings. The Morgan fingerprint density at radius 3 is 2.32 bits per heavy atom. The van der Waals surface area contributed by atoms with Gasteiger partial charge < -0.3 is 9.80 Å². The van der Waals surface area contributed by atoms with E-state index in [0.717, 1.165) is 28.9 Å². The summed E-state index contributed by atoms with van der Waals surface area (Å²) < 4.78 is 0. The van der Waals surface area contributed by atoms with Gasteiger partial charge in [-0.15, -0.1) is 0 Å². The number of hydrogen-bond acceptors (Lipinski definition) is 2. The highest BCUT2D eigenvalue weighted by molar-refractivity contribution is 6.30. The lowest BCUT2D eigenvalue weighted by atomic mass is 9.89. The average Bonchev–Trinajstić information content (AvgIpc) is 3.25. The van der Waals surface area contributed by atoms with Crippen LogP contribution in [0.5, 0.6) is 0 Å². The Labute approximate surface area is 169 Å². The first-order valence-electron chi connectivity index (χ1n) is 9.33. The molecule has 3 aromatic carbocycles. The molecule has 138 valence electrons. The van der Waals surface area contributed by atoms with Crippen LogP contribution in [-0.2, 0) is 5.66 Å².